The number of nitrogens with zero attached hydrogens (tertiary/aromatic N) is 2. The Bertz CT molecular complexity index is 280. The molecule has 1 aromatic rings. The third-order valence-corrected chi connectivity index (χ3v) is 3.03. The van der Waals surface area contributed by atoms with Gasteiger partial charge in [0.1, 0.15) is 0 Å². The number of aromatic nitrogens is 2. The Morgan fingerprint density at radius 2 is 2.19 bits per heavy atom. The van der Waals surface area contributed by atoms with Crippen molar-refractivity contribution in [2.75, 3.05) is 6.54 Å². The van der Waals surface area contributed by atoms with Crippen molar-refractivity contribution < 1.29 is 0 Å². The summed E-state index contributed by atoms with van der Waals surface area (Å²) in [6.07, 6.45) is 6.66. The van der Waals surface area contributed by atoms with Gasteiger partial charge in [0.15, 0.2) is 0 Å². The minimum Gasteiger partial charge on any atom is -0.314 e. The van der Waals surface area contributed by atoms with Gasteiger partial charge in [-0.1, -0.05) is 13.8 Å². The van der Waals surface area contributed by atoms with Crippen LogP contribution in [0.5, 0.6) is 0 Å². The van der Waals surface area contributed by atoms with Gasteiger partial charge in [0.25, 0.3) is 0 Å². The van der Waals surface area contributed by atoms with Crippen LogP contribution in [0.25, 0.3) is 0 Å². The molecule has 0 radical (unpaired) electrons. The summed E-state index contributed by atoms with van der Waals surface area (Å²) in [4.78, 5) is 0. The van der Waals surface area contributed by atoms with E-state index in [1.165, 1.54) is 25.0 Å². The largest absolute Gasteiger partial charge is 0.314 e. The van der Waals surface area contributed by atoms with Crippen molar-refractivity contribution in [2.45, 2.75) is 59.0 Å². The van der Waals surface area contributed by atoms with Gasteiger partial charge in [-0.05, 0) is 45.2 Å². The van der Waals surface area contributed by atoms with E-state index in [0.29, 0.717) is 6.04 Å². The van der Waals surface area contributed by atoms with Gasteiger partial charge in [0.05, 0.1) is 0 Å². The zero-order chi connectivity index (χ0) is 11.8. The molecule has 0 amide bonds. The molecule has 1 N–H and O–H groups in total. The van der Waals surface area contributed by atoms with Crippen LogP contribution >= 0.6 is 0 Å². The molecule has 0 spiro atoms. The van der Waals surface area contributed by atoms with E-state index in [9.17, 15) is 0 Å². The molecule has 1 heterocycles. The highest BCUT2D eigenvalue weighted by Crippen LogP contribution is 2.07. The van der Waals surface area contributed by atoms with Gasteiger partial charge in [0, 0.05) is 24.5 Å². The van der Waals surface area contributed by atoms with Gasteiger partial charge in [-0.3, -0.25) is 4.68 Å². The Kier molecular flexibility index (Phi) is 6.16. The minimum absolute atomic E-state index is 0.653. The molecule has 0 saturated carbocycles. The second-order valence-electron chi connectivity index (χ2n) is 4.24. The second-order valence-corrected chi connectivity index (χ2v) is 4.24. The molecule has 0 bridgehead atoms. The lowest BCUT2D eigenvalue weighted by Gasteiger charge is -2.16. The molecule has 0 fully saturated rings. The topological polar surface area (TPSA) is 29.9 Å². The minimum atomic E-state index is 0.653. The summed E-state index contributed by atoms with van der Waals surface area (Å²) in [6, 6.07) is 2.79. The van der Waals surface area contributed by atoms with Crippen molar-refractivity contribution in [1.82, 2.24) is 15.1 Å². The van der Waals surface area contributed by atoms with Gasteiger partial charge >= 0.3 is 0 Å². The average molecular weight is 223 g/mol. The first-order chi connectivity index (χ1) is 7.81. The van der Waals surface area contributed by atoms with Gasteiger partial charge in [-0.15, -0.1) is 0 Å². The average Bonchev–Trinajstić information content (AvgIpc) is 2.77. The molecule has 3 heteroatoms. The molecule has 0 aliphatic heterocycles. The Balaban J connectivity index is 2.36. The Hall–Kier alpha value is -0.830. The van der Waals surface area contributed by atoms with E-state index in [0.717, 1.165) is 19.5 Å². The van der Waals surface area contributed by atoms with Gasteiger partial charge in [0.2, 0.25) is 0 Å². The fraction of sp³-hybridized carbons (Fsp3) is 0.769. The van der Waals surface area contributed by atoms with Crippen LogP contribution in [0.15, 0.2) is 12.3 Å². The summed E-state index contributed by atoms with van der Waals surface area (Å²) >= 11 is 0. The first kappa shape index (κ1) is 13.2. The highest BCUT2D eigenvalue weighted by molar-refractivity contribution is 5.01. The molecule has 1 aromatic heterocycles. The smallest absolute Gasteiger partial charge is 0.0492 e. The van der Waals surface area contributed by atoms with Gasteiger partial charge < -0.3 is 5.32 Å². The van der Waals surface area contributed by atoms with Crippen molar-refractivity contribution in [3.05, 3.63) is 18.0 Å². The highest BCUT2D eigenvalue weighted by atomic mass is 15.3. The van der Waals surface area contributed by atoms with Crippen LogP contribution < -0.4 is 5.32 Å². The summed E-state index contributed by atoms with van der Waals surface area (Å²) in [5.74, 6) is 0. The maximum absolute atomic E-state index is 4.30. The third kappa shape index (κ3) is 3.97. The number of hydrogen-bond acceptors (Lipinski definition) is 2. The van der Waals surface area contributed by atoms with Crippen molar-refractivity contribution in [2.24, 2.45) is 0 Å². The lowest BCUT2D eigenvalue weighted by molar-refractivity contribution is 0.460. The Morgan fingerprint density at radius 1 is 1.38 bits per heavy atom. The molecule has 0 aliphatic carbocycles. The maximum Gasteiger partial charge on any atom is 0.0492 e. The first-order valence-electron chi connectivity index (χ1n) is 6.55. The van der Waals surface area contributed by atoms with E-state index < -0.39 is 0 Å². The molecule has 0 aliphatic rings. The van der Waals surface area contributed by atoms with E-state index in [1.807, 2.05) is 6.20 Å². The quantitative estimate of drug-likeness (QED) is 0.734. The fourth-order valence-electron chi connectivity index (χ4n) is 1.98. The highest BCUT2D eigenvalue weighted by Gasteiger charge is 2.07. The van der Waals surface area contributed by atoms with Crippen LogP contribution in [0.2, 0.25) is 0 Å². The number of hydrogen-bond donors (Lipinski definition) is 1. The van der Waals surface area contributed by atoms with Crippen LogP contribution in [0.1, 0.15) is 45.7 Å². The molecule has 1 rings (SSSR count). The Labute approximate surface area is 99.2 Å². The van der Waals surface area contributed by atoms with E-state index in [4.69, 9.17) is 0 Å². The predicted octanol–water partition coefficient (Wildman–Crippen LogP) is 2.61. The lowest BCUT2D eigenvalue weighted by Crippen LogP contribution is -2.29. The van der Waals surface area contributed by atoms with Crippen molar-refractivity contribution in [1.29, 1.82) is 0 Å². The molecule has 16 heavy (non-hydrogen) atoms. The van der Waals surface area contributed by atoms with Crippen LogP contribution in [0, 0.1) is 0 Å². The zero-order valence-corrected chi connectivity index (χ0v) is 10.9. The summed E-state index contributed by atoms with van der Waals surface area (Å²) < 4.78 is 2.09. The molecular weight excluding hydrogens is 198 g/mol. The molecule has 1 unspecified atom stereocenters. The zero-order valence-electron chi connectivity index (χ0n) is 10.9. The SMILES string of the molecule is CCCNC(CC)CCc1ccnn1CC. The monoisotopic (exact) mass is 223 g/mol. The van der Waals surface area contributed by atoms with Crippen molar-refractivity contribution in [3.63, 3.8) is 0 Å². The van der Waals surface area contributed by atoms with E-state index in [1.54, 1.807) is 0 Å². The summed E-state index contributed by atoms with van der Waals surface area (Å²) in [5.41, 5.74) is 1.36. The van der Waals surface area contributed by atoms with E-state index in [2.05, 4.69) is 41.9 Å². The van der Waals surface area contributed by atoms with E-state index >= 15 is 0 Å². The Morgan fingerprint density at radius 3 is 2.81 bits per heavy atom. The van der Waals surface area contributed by atoms with Crippen LogP contribution in [0.4, 0.5) is 0 Å². The predicted molar refractivity (Wildman–Crippen MR) is 68.6 cm³/mol. The van der Waals surface area contributed by atoms with Crippen molar-refractivity contribution in [3.8, 4) is 0 Å². The first-order valence-corrected chi connectivity index (χ1v) is 6.55. The number of nitrogens with one attached hydrogen (secondary N) is 1. The number of aryl methyl sites for hydroxylation is 2. The molecule has 1 atom stereocenters. The fourth-order valence-corrected chi connectivity index (χ4v) is 1.98. The lowest BCUT2D eigenvalue weighted by atomic mass is 10.1. The molecule has 92 valence electrons. The summed E-state index contributed by atoms with van der Waals surface area (Å²) in [5, 5.41) is 7.89. The molecule has 3 nitrogen and oxygen atoms in total. The van der Waals surface area contributed by atoms with Gasteiger partial charge in [-0.2, -0.15) is 5.10 Å². The van der Waals surface area contributed by atoms with Crippen molar-refractivity contribution >= 4 is 0 Å². The molecule has 0 aromatic carbocycles. The molecule has 0 saturated heterocycles. The van der Waals surface area contributed by atoms with Crippen LogP contribution in [-0.2, 0) is 13.0 Å². The molecular formula is C13H25N3. The third-order valence-electron chi connectivity index (χ3n) is 3.03. The van der Waals surface area contributed by atoms with E-state index in [-0.39, 0.29) is 0 Å². The van der Waals surface area contributed by atoms with Gasteiger partial charge in [-0.25, -0.2) is 0 Å². The summed E-state index contributed by atoms with van der Waals surface area (Å²) in [7, 11) is 0. The number of rotatable bonds is 8. The maximum atomic E-state index is 4.30. The van der Waals surface area contributed by atoms with Crippen LogP contribution in [-0.4, -0.2) is 22.4 Å². The van der Waals surface area contributed by atoms with Crippen LogP contribution in [0.3, 0.4) is 0 Å². The second kappa shape index (κ2) is 7.44. The standard InChI is InChI=1S/C13H25N3/c1-4-10-14-12(5-2)7-8-13-9-11-15-16(13)6-3/h9,11-12,14H,4-8,10H2,1-3H3. The normalized spacial score (nSPS) is 12.9. The summed E-state index contributed by atoms with van der Waals surface area (Å²) in [6.45, 7) is 8.71.